The first-order valence-electron chi connectivity index (χ1n) is 6.76. The smallest absolute Gasteiger partial charge is 0.328 e. The molecular formula is C13H19Cl2N3O5. The van der Waals surface area contributed by atoms with Crippen LogP contribution in [0, 0.1) is 5.41 Å². The molecule has 0 heterocycles. The van der Waals surface area contributed by atoms with Gasteiger partial charge in [0.1, 0.15) is 6.04 Å². The number of alkyl halides is 2. The third kappa shape index (κ3) is 9.85. The number of halogens is 2. The van der Waals surface area contributed by atoms with E-state index in [1.54, 1.807) is 13.8 Å². The summed E-state index contributed by atoms with van der Waals surface area (Å²) in [5.41, 5.74) is 0. The van der Waals surface area contributed by atoms with E-state index in [9.17, 15) is 19.2 Å². The number of amides is 2. The van der Waals surface area contributed by atoms with Gasteiger partial charge in [-0.05, 0) is 20.3 Å². The van der Waals surface area contributed by atoms with E-state index in [0.717, 1.165) is 0 Å². The van der Waals surface area contributed by atoms with Crippen LogP contribution in [-0.2, 0) is 23.9 Å². The molecule has 0 radical (unpaired) electrons. The highest BCUT2D eigenvalue weighted by Crippen LogP contribution is 2.04. The van der Waals surface area contributed by atoms with E-state index < -0.39 is 47.1 Å². The minimum Gasteiger partial charge on any atom is -0.461 e. The molecule has 0 fully saturated rings. The molecule has 2 amide bonds. The van der Waals surface area contributed by atoms with Gasteiger partial charge in [-0.25, -0.2) is 4.79 Å². The largest absolute Gasteiger partial charge is 0.461 e. The van der Waals surface area contributed by atoms with Crippen LogP contribution < -0.4 is 10.6 Å². The summed E-state index contributed by atoms with van der Waals surface area (Å²) < 4.78 is 4.99. The Bertz CT molecular complexity index is 469. The van der Waals surface area contributed by atoms with Crippen LogP contribution in [0.3, 0.4) is 0 Å². The van der Waals surface area contributed by atoms with E-state index in [0.29, 0.717) is 6.21 Å². The molecule has 0 aliphatic rings. The number of Topliss-reactive ketones (excluding diaryl/α,β-unsaturated/α-hetero) is 1. The van der Waals surface area contributed by atoms with Crippen molar-refractivity contribution in [1.29, 1.82) is 5.41 Å². The van der Waals surface area contributed by atoms with E-state index in [1.165, 1.54) is 0 Å². The number of carbonyl (C=O) groups excluding carboxylic acids is 4. The predicted molar refractivity (Wildman–Crippen MR) is 84.7 cm³/mol. The Hall–Kier alpha value is -1.67. The Morgan fingerprint density at radius 1 is 1.22 bits per heavy atom. The molecule has 0 aliphatic heterocycles. The molecule has 0 aliphatic carbocycles. The lowest BCUT2D eigenvalue weighted by Crippen LogP contribution is -2.47. The Kier molecular flexibility index (Phi) is 10.2. The average Bonchev–Trinajstić information content (AvgIpc) is 2.47. The van der Waals surface area contributed by atoms with Gasteiger partial charge in [0.25, 0.3) is 5.91 Å². The Labute approximate surface area is 143 Å². The van der Waals surface area contributed by atoms with Crippen LogP contribution in [0.25, 0.3) is 0 Å². The zero-order valence-corrected chi connectivity index (χ0v) is 14.2. The lowest BCUT2D eigenvalue weighted by atomic mass is 10.1. The first-order chi connectivity index (χ1) is 10.7. The van der Waals surface area contributed by atoms with Gasteiger partial charge in [0, 0.05) is 6.42 Å². The number of rotatable bonds is 10. The molecule has 1 unspecified atom stereocenters. The Balaban J connectivity index is 4.62. The van der Waals surface area contributed by atoms with Gasteiger partial charge in [-0.3, -0.25) is 14.4 Å². The summed E-state index contributed by atoms with van der Waals surface area (Å²) in [6.45, 7) is 2.85. The maximum absolute atomic E-state index is 11.9. The van der Waals surface area contributed by atoms with Crippen molar-refractivity contribution in [3.05, 3.63) is 0 Å². The highest BCUT2D eigenvalue weighted by Gasteiger charge is 2.24. The van der Waals surface area contributed by atoms with Gasteiger partial charge in [-0.15, -0.1) is 0 Å². The van der Waals surface area contributed by atoms with Crippen molar-refractivity contribution in [3.63, 3.8) is 0 Å². The van der Waals surface area contributed by atoms with Gasteiger partial charge in [-0.2, -0.15) is 0 Å². The van der Waals surface area contributed by atoms with Gasteiger partial charge < -0.3 is 20.8 Å². The molecule has 0 bridgehead atoms. The van der Waals surface area contributed by atoms with Crippen molar-refractivity contribution >= 4 is 53.0 Å². The Morgan fingerprint density at radius 3 is 2.30 bits per heavy atom. The fourth-order valence-electron chi connectivity index (χ4n) is 1.41. The van der Waals surface area contributed by atoms with E-state index in [2.05, 4.69) is 10.6 Å². The third-order valence-corrected chi connectivity index (χ3v) is 2.83. The lowest BCUT2D eigenvalue weighted by molar-refractivity contribution is -0.151. The summed E-state index contributed by atoms with van der Waals surface area (Å²) in [6, 6.07) is -1.06. The maximum atomic E-state index is 11.9. The second kappa shape index (κ2) is 11.0. The molecule has 0 aromatic rings. The molecule has 0 saturated carbocycles. The van der Waals surface area contributed by atoms with Crippen LogP contribution in [0.15, 0.2) is 0 Å². The van der Waals surface area contributed by atoms with Crippen molar-refractivity contribution in [2.45, 2.75) is 43.7 Å². The summed E-state index contributed by atoms with van der Waals surface area (Å²) in [5, 5.41) is 11.3. The number of ketones is 1. The topological polar surface area (TPSA) is 125 Å². The summed E-state index contributed by atoms with van der Waals surface area (Å²) in [5.74, 6) is -2.60. The van der Waals surface area contributed by atoms with Crippen molar-refractivity contribution in [2.24, 2.45) is 0 Å². The minimum atomic E-state index is -1.31. The lowest BCUT2D eigenvalue weighted by Gasteiger charge is -2.19. The molecule has 0 aromatic heterocycles. The van der Waals surface area contributed by atoms with Gasteiger partial charge in [0.2, 0.25) is 5.91 Å². The molecule has 130 valence electrons. The van der Waals surface area contributed by atoms with Gasteiger partial charge in [0.15, 0.2) is 10.6 Å². The van der Waals surface area contributed by atoms with Crippen LogP contribution in [0.4, 0.5) is 0 Å². The van der Waals surface area contributed by atoms with Crippen molar-refractivity contribution in [2.75, 3.05) is 6.54 Å². The minimum absolute atomic E-state index is 0.0207. The van der Waals surface area contributed by atoms with E-state index in [-0.39, 0.29) is 12.8 Å². The first-order valence-corrected chi connectivity index (χ1v) is 7.63. The van der Waals surface area contributed by atoms with Crippen LogP contribution in [0.5, 0.6) is 0 Å². The molecule has 1 atom stereocenters. The number of nitrogens with one attached hydrogen (secondary N) is 3. The van der Waals surface area contributed by atoms with Crippen LogP contribution >= 0.6 is 23.2 Å². The van der Waals surface area contributed by atoms with Crippen molar-refractivity contribution < 1.29 is 23.9 Å². The number of hydrogen-bond acceptors (Lipinski definition) is 6. The molecular weight excluding hydrogens is 349 g/mol. The van der Waals surface area contributed by atoms with Gasteiger partial charge >= 0.3 is 5.97 Å². The fourth-order valence-corrected chi connectivity index (χ4v) is 1.57. The number of hydrogen-bond donors (Lipinski definition) is 3. The molecule has 0 aromatic carbocycles. The number of carbonyl (C=O) groups is 4. The van der Waals surface area contributed by atoms with Crippen LogP contribution in [-0.4, -0.2) is 53.3 Å². The highest BCUT2D eigenvalue weighted by molar-refractivity contribution is 6.53. The fraction of sp³-hybridized carbons (Fsp3) is 0.615. The summed E-state index contributed by atoms with van der Waals surface area (Å²) in [4.78, 5) is 44.6. The molecule has 0 rings (SSSR count). The summed E-state index contributed by atoms with van der Waals surface area (Å²) in [6.07, 6.45) is 0.119. The van der Waals surface area contributed by atoms with Crippen LogP contribution in [0.2, 0.25) is 0 Å². The predicted octanol–water partition coefficient (Wildman–Crippen LogP) is 0.342. The quantitative estimate of drug-likeness (QED) is 0.291. The van der Waals surface area contributed by atoms with E-state index >= 15 is 0 Å². The SMILES string of the molecule is CC(C)OC(=O)C(CCC(=O)C=N)NC(=O)CNC(=O)C(Cl)Cl. The monoisotopic (exact) mass is 367 g/mol. The zero-order valence-electron chi connectivity index (χ0n) is 12.7. The van der Waals surface area contributed by atoms with Crippen molar-refractivity contribution in [3.8, 4) is 0 Å². The molecule has 0 spiro atoms. The zero-order chi connectivity index (χ0) is 18.0. The molecule has 23 heavy (non-hydrogen) atoms. The van der Waals surface area contributed by atoms with E-state index in [4.69, 9.17) is 33.3 Å². The average molecular weight is 368 g/mol. The second-order valence-corrected chi connectivity index (χ2v) is 5.87. The number of esters is 1. The second-order valence-electron chi connectivity index (χ2n) is 4.77. The maximum Gasteiger partial charge on any atom is 0.328 e. The number of ether oxygens (including phenoxy) is 1. The van der Waals surface area contributed by atoms with Gasteiger partial charge in [-0.1, -0.05) is 23.2 Å². The molecule has 8 nitrogen and oxygen atoms in total. The summed E-state index contributed by atoms with van der Waals surface area (Å²) >= 11 is 10.6. The van der Waals surface area contributed by atoms with Gasteiger partial charge in [0.05, 0.1) is 18.9 Å². The highest BCUT2D eigenvalue weighted by atomic mass is 35.5. The molecule has 0 saturated heterocycles. The Morgan fingerprint density at radius 2 is 1.83 bits per heavy atom. The van der Waals surface area contributed by atoms with E-state index in [1.807, 2.05) is 0 Å². The summed E-state index contributed by atoms with van der Waals surface area (Å²) in [7, 11) is 0. The first kappa shape index (κ1) is 21.3. The van der Waals surface area contributed by atoms with Crippen LogP contribution in [0.1, 0.15) is 26.7 Å². The molecule has 3 N–H and O–H groups in total. The normalized spacial score (nSPS) is 11.7. The molecule has 10 heteroatoms. The standard InChI is InChI=1S/C13H19Cl2N3O5/c1-7(2)23-13(22)9(4-3-8(19)5-16)18-10(20)6-17-12(21)11(14)15/h5,7,9,11,16H,3-4,6H2,1-2H3,(H,17,21)(H,18,20). The van der Waals surface area contributed by atoms with Crippen molar-refractivity contribution in [1.82, 2.24) is 10.6 Å². The third-order valence-electron chi connectivity index (χ3n) is 2.43.